The van der Waals surface area contributed by atoms with E-state index in [1.807, 2.05) is 6.07 Å². The molecule has 20 heavy (non-hydrogen) atoms. The van der Waals surface area contributed by atoms with E-state index in [4.69, 9.17) is 16.0 Å². The first-order chi connectivity index (χ1) is 9.61. The predicted octanol–water partition coefficient (Wildman–Crippen LogP) is -0.640. The number of quaternary nitrogens is 2. The first-order valence-electron chi connectivity index (χ1n) is 6.99. The molecular formula is C15H19ClN2O2+2. The van der Waals surface area contributed by atoms with Crippen LogP contribution in [0.2, 0.25) is 5.02 Å². The van der Waals surface area contributed by atoms with E-state index >= 15 is 0 Å². The van der Waals surface area contributed by atoms with Crippen LogP contribution in [0.15, 0.2) is 33.5 Å². The lowest BCUT2D eigenvalue weighted by Crippen LogP contribution is -3.26. The molecule has 0 spiro atoms. The summed E-state index contributed by atoms with van der Waals surface area (Å²) in [6.45, 7) is 5.48. The highest BCUT2D eigenvalue weighted by Crippen LogP contribution is 2.21. The predicted molar refractivity (Wildman–Crippen MR) is 78.5 cm³/mol. The van der Waals surface area contributed by atoms with Crippen LogP contribution in [0, 0.1) is 0 Å². The number of rotatable bonds is 2. The maximum Gasteiger partial charge on any atom is 0.336 e. The highest BCUT2D eigenvalue weighted by atomic mass is 35.5. The summed E-state index contributed by atoms with van der Waals surface area (Å²) in [5.41, 5.74) is 1.37. The lowest BCUT2D eigenvalue weighted by molar-refractivity contribution is -1.01. The SMILES string of the molecule is C[NH+]1CC[NH+](Cc2cc(=O)oc3ccc(Cl)cc23)CC1. The highest BCUT2D eigenvalue weighted by molar-refractivity contribution is 6.31. The van der Waals surface area contributed by atoms with E-state index in [-0.39, 0.29) is 5.63 Å². The van der Waals surface area contributed by atoms with Crippen molar-refractivity contribution < 1.29 is 14.2 Å². The van der Waals surface area contributed by atoms with Gasteiger partial charge in [0.2, 0.25) is 0 Å². The van der Waals surface area contributed by atoms with Gasteiger partial charge in [0.05, 0.1) is 7.05 Å². The molecule has 0 aliphatic carbocycles. The Labute approximate surface area is 122 Å². The number of benzene rings is 1. The molecule has 1 aliphatic heterocycles. The van der Waals surface area contributed by atoms with E-state index in [9.17, 15) is 4.79 Å². The third kappa shape index (κ3) is 2.87. The van der Waals surface area contributed by atoms with Gasteiger partial charge in [0.15, 0.2) is 0 Å². The van der Waals surface area contributed by atoms with E-state index in [1.165, 1.54) is 18.0 Å². The molecule has 5 heteroatoms. The average molecular weight is 295 g/mol. The van der Waals surface area contributed by atoms with E-state index in [0.717, 1.165) is 30.6 Å². The zero-order valence-electron chi connectivity index (χ0n) is 11.5. The maximum atomic E-state index is 11.7. The Morgan fingerprint density at radius 3 is 2.70 bits per heavy atom. The van der Waals surface area contributed by atoms with Crippen LogP contribution in [0.5, 0.6) is 0 Å². The van der Waals surface area contributed by atoms with Crippen molar-refractivity contribution in [1.82, 2.24) is 0 Å². The third-order valence-corrected chi connectivity index (χ3v) is 4.28. The van der Waals surface area contributed by atoms with Crippen molar-refractivity contribution in [2.24, 2.45) is 0 Å². The molecule has 0 radical (unpaired) electrons. The van der Waals surface area contributed by atoms with Gasteiger partial charge in [-0.05, 0) is 18.2 Å². The molecule has 2 aromatic rings. The smallest absolute Gasteiger partial charge is 0.336 e. The van der Waals surface area contributed by atoms with Crippen molar-refractivity contribution >= 4 is 22.6 Å². The van der Waals surface area contributed by atoms with Gasteiger partial charge in [-0.3, -0.25) is 0 Å². The van der Waals surface area contributed by atoms with Crippen LogP contribution < -0.4 is 15.4 Å². The Bertz CT molecular complexity index is 675. The van der Waals surface area contributed by atoms with Gasteiger partial charge < -0.3 is 14.2 Å². The summed E-state index contributed by atoms with van der Waals surface area (Å²) >= 11 is 6.06. The van der Waals surface area contributed by atoms with Crippen molar-refractivity contribution in [1.29, 1.82) is 0 Å². The van der Waals surface area contributed by atoms with Gasteiger partial charge in [0.25, 0.3) is 0 Å². The van der Waals surface area contributed by atoms with Crippen LogP contribution in [-0.2, 0) is 6.54 Å². The molecule has 0 bridgehead atoms. The van der Waals surface area contributed by atoms with Crippen molar-refractivity contribution in [3.8, 4) is 0 Å². The number of hydrogen-bond donors (Lipinski definition) is 2. The first kappa shape index (κ1) is 13.6. The summed E-state index contributed by atoms with van der Waals surface area (Å²) in [5.74, 6) is 0. The Morgan fingerprint density at radius 2 is 1.95 bits per heavy atom. The zero-order valence-corrected chi connectivity index (χ0v) is 12.3. The Balaban J connectivity index is 1.94. The lowest BCUT2D eigenvalue weighted by atomic mass is 10.1. The molecular weight excluding hydrogens is 276 g/mol. The summed E-state index contributed by atoms with van der Waals surface area (Å²) in [6.07, 6.45) is 0. The van der Waals surface area contributed by atoms with Gasteiger partial charge in [0.1, 0.15) is 38.3 Å². The fourth-order valence-electron chi connectivity index (χ4n) is 2.82. The molecule has 1 saturated heterocycles. The number of nitrogens with one attached hydrogen (secondary N) is 2. The van der Waals surface area contributed by atoms with Gasteiger partial charge in [-0.1, -0.05) is 11.6 Å². The Hall–Kier alpha value is -1.36. The molecule has 4 nitrogen and oxygen atoms in total. The average Bonchev–Trinajstić information content (AvgIpc) is 2.42. The van der Waals surface area contributed by atoms with E-state index < -0.39 is 0 Å². The molecule has 0 saturated carbocycles. The minimum Gasteiger partial charge on any atom is -0.423 e. The molecule has 1 fully saturated rings. The van der Waals surface area contributed by atoms with E-state index in [0.29, 0.717) is 10.6 Å². The highest BCUT2D eigenvalue weighted by Gasteiger charge is 2.21. The molecule has 1 aliphatic rings. The molecule has 0 atom stereocenters. The van der Waals surface area contributed by atoms with Crippen molar-refractivity contribution in [3.05, 3.63) is 45.3 Å². The van der Waals surface area contributed by atoms with Gasteiger partial charge >= 0.3 is 5.63 Å². The summed E-state index contributed by atoms with van der Waals surface area (Å²) in [7, 11) is 2.23. The summed E-state index contributed by atoms with van der Waals surface area (Å²) in [6, 6.07) is 7.02. The normalized spacial score (nSPS) is 23.1. The van der Waals surface area contributed by atoms with Crippen LogP contribution in [0.3, 0.4) is 0 Å². The van der Waals surface area contributed by atoms with Crippen LogP contribution >= 0.6 is 11.6 Å². The van der Waals surface area contributed by atoms with Crippen molar-refractivity contribution in [2.75, 3.05) is 33.2 Å². The van der Waals surface area contributed by atoms with Crippen molar-refractivity contribution in [3.63, 3.8) is 0 Å². The van der Waals surface area contributed by atoms with E-state index in [1.54, 1.807) is 23.1 Å². The first-order valence-corrected chi connectivity index (χ1v) is 7.37. The van der Waals surface area contributed by atoms with Crippen molar-refractivity contribution in [2.45, 2.75) is 6.54 Å². The molecule has 106 valence electrons. The van der Waals surface area contributed by atoms with Gasteiger partial charge in [-0.15, -0.1) is 0 Å². The van der Waals surface area contributed by atoms with Crippen LogP contribution in [0.4, 0.5) is 0 Å². The zero-order chi connectivity index (χ0) is 14.1. The topological polar surface area (TPSA) is 39.1 Å². The number of likely N-dealkylation sites (N-methyl/N-ethyl adjacent to an activating group) is 1. The molecule has 2 N–H and O–H groups in total. The number of halogens is 1. The fourth-order valence-corrected chi connectivity index (χ4v) is 2.99. The minimum atomic E-state index is -0.283. The number of fused-ring (bicyclic) bond motifs is 1. The standard InChI is InChI=1S/C15H17ClN2O2/c1-17-4-6-18(7-5-17)10-11-8-15(19)20-14-3-2-12(16)9-13(11)14/h2-3,8-9H,4-7,10H2,1H3/p+2. The van der Waals surface area contributed by atoms with Crippen LogP contribution in [-0.4, -0.2) is 33.2 Å². The largest absolute Gasteiger partial charge is 0.423 e. The molecule has 1 aromatic heterocycles. The van der Waals surface area contributed by atoms with Gasteiger partial charge in [-0.2, -0.15) is 0 Å². The van der Waals surface area contributed by atoms with Crippen LogP contribution in [0.25, 0.3) is 11.0 Å². The Kier molecular flexibility index (Phi) is 3.78. The number of piperazine rings is 1. The maximum absolute atomic E-state index is 11.7. The molecule has 2 heterocycles. The summed E-state index contributed by atoms with van der Waals surface area (Å²) < 4.78 is 5.24. The monoisotopic (exact) mass is 294 g/mol. The lowest BCUT2D eigenvalue weighted by Gasteiger charge is -2.27. The minimum absolute atomic E-state index is 0.283. The van der Waals surface area contributed by atoms with E-state index in [2.05, 4.69) is 7.05 Å². The third-order valence-electron chi connectivity index (χ3n) is 4.04. The summed E-state index contributed by atoms with van der Waals surface area (Å²) in [4.78, 5) is 14.8. The molecule has 3 rings (SSSR count). The van der Waals surface area contributed by atoms with Gasteiger partial charge in [-0.25, -0.2) is 4.79 Å². The second-order valence-corrected chi connectivity index (χ2v) is 6.05. The fraction of sp³-hybridized carbons (Fsp3) is 0.400. The molecule has 0 unspecified atom stereocenters. The molecule has 0 amide bonds. The second kappa shape index (κ2) is 5.56. The molecule has 1 aromatic carbocycles. The number of hydrogen-bond acceptors (Lipinski definition) is 2. The second-order valence-electron chi connectivity index (χ2n) is 5.62. The Morgan fingerprint density at radius 1 is 1.20 bits per heavy atom. The van der Waals surface area contributed by atoms with Gasteiger partial charge in [0, 0.05) is 22.0 Å². The summed E-state index contributed by atoms with van der Waals surface area (Å²) in [5, 5.41) is 1.63. The van der Waals surface area contributed by atoms with Crippen LogP contribution in [0.1, 0.15) is 5.56 Å². The quantitative estimate of drug-likeness (QED) is 0.723.